The van der Waals surface area contributed by atoms with E-state index < -0.39 is 42.5 Å². The Morgan fingerprint density at radius 2 is 2.11 bits per heavy atom. The number of aliphatic hydroxyl groups excluding tert-OH is 1. The van der Waals surface area contributed by atoms with E-state index in [1.807, 2.05) is 5.32 Å². The van der Waals surface area contributed by atoms with Crippen LogP contribution in [-0.4, -0.2) is 64.2 Å². The number of rotatable bonds is 5. The Morgan fingerprint density at radius 1 is 1.50 bits per heavy atom. The lowest BCUT2D eigenvalue weighted by Crippen LogP contribution is -2.51. The van der Waals surface area contributed by atoms with E-state index in [-0.39, 0.29) is 6.54 Å². The van der Waals surface area contributed by atoms with Crippen molar-refractivity contribution in [2.45, 2.75) is 19.1 Å². The van der Waals surface area contributed by atoms with Gasteiger partial charge in [-0.15, -0.1) is 0 Å². The summed E-state index contributed by atoms with van der Waals surface area (Å²) >= 11 is 0. The first-order valence-electron chi connectivity index (χ1n) is 5.11. The molecule has 1 heterocycles. The molecule has 0 aromatic heterocycles. The molecule has 4 N–H and O–H groups in total. The second kappa shape index (κ2) is 5.45. The Kier molecular flexibility index (Phi) is 4.21. The van der Waals surface area contributed by atoms with Gasteiger partial charge in [-0.05, 0) is 6.92 Å². The summed E-state index contributed by atoms with van der Waals surface area (Å²) < 4.78 is 0. The third kappa shape index (κ3) is 3.17. The van der Waals surface area contributed by atoms with Crippen LogP contribution in [0.15, 0.2) is 0 Å². The maximum Gasteiger partial charge on any atom is 0.328 e. The second-order valence-electron chi connectivity index (χ2n) is 3.76. The van der Waals surface area contributed by atoms with E-state index in [1.165, 1.54) is 6.92 Å². The molecule has 2 atom stereocenters. The van der Waals surface area contributed by atoms with Gasteiger partial charge in [-0.25, -0.2) is 9.59 Å². The Balaban J connectivity index is 2.58. The van der Waals surface area contributed by atoms with Crippen molar-refractivity contribution in [2.75, 3.05) is 13.1 Å². The zero-order chi connectivity index (χ0) is 13.9. The summed E-state index contributed by atoms with van der Waals surface area (Å²) in [6.07, 6.45) is -1.30. The molecule has 0 saturated carbocycles. The van der Waals surface area contributed by atoms with E-state index in [4.69, 9.17) is 10.2 Å². The third-order valence-corrected chi connectivity index (χ3v) is 2.30. The lowest BCUT2D eigenvalue weighted by atomic mass is 10.2. The van der Waals surface area contributed by atoms with Crippen molar-refractivity contribution in [3.05, 3.63) is 0 Å². The molecule has 9 nitrogen and oxygen atoms in total. The van der Waals surface area contributed by atoms with Crippen LogP contribution in [0.3, 0.4) is 0 Å². The average Bonchev–Trinajstić information content (AvgIpc) is 2.56. The van der Waals surface area contributed by atoms with Gasteiger partial charge in [-0.2, -0.15) is 0 Å². The summed E-state index contributed by atoms with van der Waals surface area (Å²) in [5.41, 5.74) is 0. The highest BCUT2D eigenvalue weighted by molar-refractivity contribution is 6.04. The molecule has 18 heavy (non-hydrogen) atoms. The number of imide groups is 1. The summed E-state index contributed by atoms with van der Waals surface area (Å²) in [6, 6.07) is -2.20. The molecule has 1 aliphatic heterocycles. The molecular weight excluding hydrogens is 246 g/mol. The number of carbonyl (C=O) groups is 4. The fraction of sp³-hybridized carbons (Fsp3) is 0.556. The lowest BCUT2D eigenvalue weighted by Gasteiger charge is -2.18. The zero-order valence-electron chi connectivity index (χ0n) is 9.54. The Hall–Kier alpha value is -2.16. The van der Waals surface area contributed by atoms with E-state index in [0.717, 1.165) is 0 Å². The highest BCUT2D eigenvalue weighted by Gasteiger charge is 2.32. The van der Waals surface area contributed by atoms with Gasteiger partial charge in [0.2, 0.25) is 5.91 Å². The first-order chi connectivity index (χ1) is 8.32. The van der Waals surface area contributed by atoms with E-state index in [9.17, 15) is 19.2 Å². The first kappa shape index (κ1) is 13.9. The van der Waals surface area contributed by atoms with Gasteiger partial charge in [-0.1, -0.05) is 0 Å². The molecule has 0 aliphatic carbocycles. The van der Waals surface area contributed by atoms with Crippen molar-refractivity contribution < 1.29 is 29.4 Å². The fourth-order valence-electron chi connectivity index (χ4n) is 1.37. The Labute approximate surface area is 102 Å². The predicted octanol–water partition coefficient (Wildman–Crippen LogP) is -2.51. The number of carbonyl (C=O) groups excluding carboxylic acids is 3. The van der Waals surface area contributed by atoms with Gasteiger partial charge in [0, 0.05) is 0 Å². The number of hydrogen-bond donors (Lipinski definition) is 4. The molecule has 1 fully saturated rings. The van der Waals surface area contributed by atoms with E-state index in [0.29, 0.717) is 4.90 Å². The molecule has 2 unspecified atom stereocenters. The van der Waals surface area contributed by atoms with Crippen molar-refractivity contribution in [3.8, 4) is 0 Å². The minimum Gasteiger partial charge on any atom is -0.480 e. The van der Waals surface area contributed by atoms with Gasteiger partial charge in [0.15, 0.2) is 6.04 Å². The Bertz CT molecular complexity index is 378. The number of aliphatic hydroxyl groups is 1. The van der Waals surface area contributed by atoms with Crippen LogP contribution in [-0.2, 0) is 14.4 Å². The van der Waals surface area contributed by atoms with Crippen LogP contribution in [0, 0.1) is 0 Å². The number of hydrogen-bond acceptors (Lipinski definition) is 5. The molecule has 0 spiro atoms. The summed E-state index contributed by atoms with van der Waals surface area (Å²) in [4.78, 5) is 45.1. The quantitative estimate of drug-likeness (QED) is 0.402. The smallest absolute Gasteiger partial charge is 0.328 e. The summed E-state index contributed by atoms with van der Waals surface area (Å²) in [7, 11) is 0. The molecule has 100 valence electrons. The molecular formula is C9H13N3O6. The van der Waals surface area contributed by atoms with Gasteiger partial charge in [0.05, 0.1) is 12.6 Å². The molecule has 0 bridgehead atoms. The minimum atomic E-state index is -1.49. The number of carboxylic acids is 1. The van der Waals surface area contributed by atoms with Crippen molar-refractivity contribution in [1.29, 1.82) is 0 Å². The molecule has 9 heteroatoms. The predicted molar refractivity (Wildman–Crippen MR) is 56.4 cm³/mol. The van der Waals surface area contributed by atoms with Crippen LogP contribution < -0.4 is 10.6 Å². The molecule has 0 aromatic rings. The summed E-state index contributed by atoms with van der Waals surface area (Å²) in [6.45, 7) is 0.429. The van der Waals surface area contributed by atoms with Crippen molar-refractivity contribution in [3.63, 3.8) is 0 Å². The average molecular weight is 259 g/mol. The highest BCUT2D eigenvalue weighted by Crippen LogP contribution is 1.99. The number of aliphatic carboxylic acids is 1. The minimum absolute atomic E-state index is 0.190. The molecule has 1 aliphatic rings. The summed E-state index contributed by atoms with van der Waals surface area (Å²) in [5, 5.41) is 22.1. The first-order valence-corrected chi connectivity index (χ1v) is 5.11. The molecule has 0 aromatic carbocycles. The SMILES string of the molecule is CC(O)C(NC(=O)CN1C(=O)CNC1=O)C(=O)O. The number of nitrogens with one attached hydrogen (secondary N) is 2. The molecule has 1 saturated heterocycles. The van der Waals surface area contributed by atoms with Gasteiger partial charge in [-0.3, -0.25) is 14.5 Å². The number of urea groups is 1. The zero-order valence-corrected chi connectivity index (χ0v) is 9.54. The maximum absolute atomic E-state index is 11.4. The van der Waals surface area contributed by atoms with Gasteiger partial charge in [0.25, 0.3) is 5.91 Å². The van der Waals surface area contributed by atoms with Crippen molar-refractivity contribution in [1.82, 2.24) is 15.5 Å². The number of amides is 4. The fourth-order valence-corrected chi connectivity index (χ4v) is 1.37. The largest absolute Gasteiger partial charge is 0.480 e. The summed E-state index contributed by atoms with van der Waals surface area (Å²) in [5.74, 6) is -2.82. The van der Waals surface area contributed by atoms with E-state index >= 15 is 0 Å². The van der Waals surface area contributed by atoms with Crippen LogP contribution >= 0.6 is 0 Å². The third-order valence-electron chi connectivity index (χ3n) is 2.30. The van der Waals surface area contributed by atoms with E-state index in [1.54, 1.807) is 0 Å². The Morgan fingerprint density at radius 3 is 2.50 bits per heavy atom. The maximum atomic E-state index is 11.4. The van der Waals surface area contributed by atoms with Gasteiger partial charge < -0.3 is 20.8 Å². The normalized spacial score (nSPS) is 18.2. The molecule has 4 amide bonds. The monoisotopic (exact) mass is 259 g/mol. The van der Waals surface area contributed by atoms with Crippen LogP contribution in [0.1, 0.15) is 6.92 Å². The topological polar surface area (TPSA) is 136 Å². The molecule has 1 rings (SSSR count). The highest BCUT2D eigenvalue weighted by atomic mass is 16.4. The van der Waals surface area contributed by atoms with Crippen molar-refractivity contribution >= 4 is 23.8 Å². The van der Waals surface area contributed by atoms with Crippen LogP contribution in [0.25, 0.3) is 0 Å². The van der Waals surface area contributed by atoms with Crippen LogP contribution in [0.2, 0.25) is 0 Å². The van der Waals surface area contributed by atoms with Gasteiger partial charge in [0.1, 0.15) is 6.54 Å². The van der Waals surface area contributed by atoms with Crippen LogP contribution in [0.5, 0.6) is 0 Å². The molecule has 0 radical (unpaired) electrons. The standard InChI is InChI=1S/C9H13N3O6/c1-4(13)7(8(16)17)11-5(14)3-12-6(15)2-10-9(12)18/h4,7,13H,2-3H2,1H3,(H,10,18)(H,11,14)(H,16,17). The van der Waals surface area contributed by atoms with Gasteiger partial charge >= 0.3 is 12.0 Å². The van der Waals surface area contributed by atoms with Crippen LogP contribution in [0.4, 0.5) is 4.79 Å². The second-order valence-corrected chi connectivity index (χ2v) is 3.76. The van der Waals surface area contributed by atoms with E-state index in [2.05, 4.69) is 5.32 Å². The number of carboxylic acid groups (broad SMARTS) is 1. The lowest BCUT2D eigenvalue weighted by molar-refractivity contribution is -0.145. The van der Waals surface area contributed by atoms with Crippen molar-refractivity contribution in [2.24, 2.45) is 0 Å². The number of nitrogens with zero attached hydrogens (tertiary/aromatic N) is 1.